The molecular formula is C19H18N6O3. The lowest BCUT2D eigenvalue weighted by atomic mass is 10.1. The lowest BCUT2D eigenvalue weighted by Gasteiger charge is -2.36. The van der Waals surface area contributed by atoms with Gasteiger partial charge in [0.25, 0.3) is 11.6 Å². The number of carbonyl (C=O) groups is 1. The van der Waals surface area contributed by atoms with Crippen molar-refractivity contribution in [3.8, 4) is 5.69 Å². The fraction of sp³-hybridized carbons (Fsp3) is 0.211. The van der Waals surface area contributed by atoms with E-state index >= 15 is 0 Å². The molecular weight excluding hydrogens is 360 g/mol. The summed E-state index contributed by atoms with van der Waals surface area (Å²) in [5, 5.41) is 11.5. The summed E-state index contributed by atoms with van der Waals surface area (Å²) in [5.74, 6) is -0.199. The zero-order valence-corrected chi connectivity index (χ0v) is 15.0. The number of pyridine rings is 1. The third-order valence-electron chi connectivity index (χ3n) is 4.80. The van der Waals surface area contributed by atoms with Crippen LogP contribution in [0.15, 0.2) is 61.4 Å². The Labute approximate surface area is 161 Å². The fourth-order valence-corrected chi connectivity index (χ4v) is 3.33. The van der Waals surface area contributed by atoms with Crippen LogP contribution in [0.1, 0.15) is 10.4 Å². The summed E-state index contributed by atoms with van der Waals surface area (Å²) in [6, 6.07) is 8.43. The number of amides is 1. The summed E-state index contributed by atoms with van der Waals surface area (Å²) >= 11 is 0. The third kappa shape index (κ3) is 3.41. The first-order valence-electron chi connectivity index (χ1n) is 8.84. The number of nitro benzene ring substituents is 1. The quantitative estimate of drug-likeness (QED) is 0.510. The van der Waals surface area contributed by atoms with E-state index in [9.17, 15) is 14.9 Å². The van der Waals surface area contributed by atoms with E-state index in [0.29, 0.717) is 37.4 Å². The average molecular weight is 378 g/mol. The minimum absolute atomic E-state index is 0.126. The predicted octanol–water partition coefficient (Wildman–Crippen LogP) is 2.14. The minimum atomic E-state index is -0.479. The van der Waals surface area contributed by atoms with E-state index in [2.05, 4.69) is 14.9 Å². The highest BCUT2D eigenvalue weighted by atomic mass is 16.6. The molecule has 4 rings (SSSR count). The fourth-order valence-electron chi connectivity index (χ4n) is 3.33. The molecule has 1 aliphatic rings. The molecule has 28 heavy (non-hydrogen) atoms. The zero-order chi connectivity index (χ0) is 19.5. The summed E-state index contributed by atoms with van der Waals surface area (Å²) in [5.41, 5.74) is 1.64. The Morgan fingerprint density at radius 1 is 1.00 bits per heavy atom. The Morgan fingerprint density at radius 3 is 2.39 bits per heavy atom. The van der Waals surface area contributed by atoms with Crippen molar-refractivity contribution in [3.05, 3.63) is 77.1 Å². The van der Waals surface area contributed by atoms with Gasteiger partial charge in [-0.05, 0) is 24.3 Å². The molecule has 0 atom stereocenters. The molecule has 2 aromatic heterocycles. The van der Waals surface area contributed by atoms with Crippen LogP contribution in [-0.2, 0) is 0 Å². The number of hydrogen-bond donors (Lipinski definition) is 0. The predicted molar refractivity (Wildman–Crippen MR) is 103 cm³/mol. The van der Waals surface area contributed by atoms with Gasteiger partial charge in [-0.25, -0.2) is 4.98 Å². The van der Waals surface area contributed by atoms with Gasteiger partial charge in [0.2, 0.25) is 0 Å². The lowest BCUT2D eigenvalue weighted by molar-refractivity contribution is -0.384. The van der Waals surface area contributed by atoms with Crippen LogP contribution >= 0.6 is 0 Å². The van der Waals surface area contributed by atoms with Crippen LogP contribution < -0.4 is 4.90 Å². The van der Waals surface area contributed by atoms with Gasteiger partial charge in [-0.15, -0.1) is 0 Å². The van der Waals surface area contributed by atoms with E-state index in [4.69, 9.17) is 0 Å². The number of aromatic nitrogens is 3. The number of rotatable bonds is 4. The second-order valence-corrected chi connectivity index (χ2v) is 6.42. The number of benzene rings is 1. The van der Waals surface area contributed by atoms with Crippen molar-refractivity contribution in [2.45, 2.75) is 0 Å². The zero-order valence-electron chi connectivity index (χ0n) is 15.0. The smallest absolute Gasteiger partial charge is 0.294 e. The Hall–Kier alpha value is -3.75. The van der Waals surface area contributed by atoms with E-state index in [1.54, 1.807) is 46.4 Å². The average Bonchev–Trinajstić information content (AvgIpc) is 3.28. The molecule has 0 spiro atoms. The Balaban J connectivity index is 1.51. The van der Waals surface area contributed by atoms with Crippen molar-refractivity contribution in [2.75, 3.05) is 31.1 Å². The summed E-state index contributed by atoms with van der Waals surface area (Å²) in [4.78, 5) is 35.8. The second kappa shape index (κ2) is 7.47. The van der Waals surface area contributed by atoms with E-state index in [0.717, 1.165) is 5.69 Å². The maximum atomic E-state index is 12.9. The molecule has 1 aliphatic heterocycles. The molecule has 1 aromatic carbocycles. The van der Waals surface area contributed by atoms with Crippen molar-refractivity contribution < 1.29 is 9.72 Å². The molecule has 1 fully saturated rings. The number of carbonyl (C=O) groups excluding carboxylic acids is 1. The highest BCUT2D eigenvalue weighted by molar-refractivity contribution is 5.95. The number of hydrogen-bond acceptors (Lipinski definition) is 6. The molecule has 3 aromatic rings. The molecule has 0 aliphatic carbocycles. The molecule has 9 nitrogen and oxygen atoms in total. The van der Waals surface area contributed by atoms with Gasteiger partial charge < -0.3 is 14.4 Å². The summed E-state index contributed by atoms with van der Waals surface area (Å²) in [6.07, 6.45) is 8.15. The summed E-state index contributed by atoms with van der Waals surface area (Å²) in [6.45, 7) is 2.51. The lowest BCUT2D eigenvalue weighted by Crippen LogP contribution is -2.48. The SMILES string of the molecule is O=C(c1ccc(-n2ccnc2)c([N+](=O)[O-])c1)N1CCN(c2ccncc2)CC1. The molecule has 0 radical (unpaired) electrons. The maximum Gasteiger partial charge on any atom is 0.294 e. The molecule has 0 N–H and O–H groups in total. The van der Waals surface area contributed by atoms with E-state index in [1.807, 2.05) is 12.1 Å². The second-order valence-electron chi connectivity index (χ2n) is 6.42. The van der Waals surface area contributed by atoms with Gasteiger partial charge >= 0.3 is 0 Å². The first-order chi connectivity index (χ1) is 13.6. The van der Waals surface area contributed by atoms with Crippen molar-refractivity contribution >= 4 is 17.3 Å². The van der Waals surface area contributed by atoms with E-state index < -0.39 is 4.92 Å². The topological polar surface area (TPSA) is 97.4 Å². The number of nitro groups is 1. The molecule has 3 heterocycles. The number of piperazine rings is 1. The maximum absolute atomic E-state index is 12.9. The number of imidazole rings is 1. The van der Waals surface area contributed by atoms with Crippen molar-refractivity contribution in [1.29, 1.82) is 0 Å². The number of nitrogens with zero attached hydrogens (tertiary/aromatic N) is 6. The minimum Gasteiger partial charge on any atom is -0.368 e. The highest BCUT2D eigenvalue weighted by Crippen LogP contribution is 2.25. The van der Waals surface area contributed by atoms with Crippen LogP contribution in [0.25, 0.3) is 5.69 Å². The van der Waals surface area contributed by atoms with Crippen LogP contribution in [0.4, 0.5) is 11.4 Å². The van der Waals surface area contributed by atoms with Crippen molar-refractivity contribution in [3.63, 3.8) is 0 Å². The Kier molecular flexibility index (Phi) is 4.71. The largest absolute Gasteiger partial charge is 0.368 e. The Bertz CT molecular complexity index is 982. The van der Waals surface area contributed by atoms with Crippen LogP contribution in [0, 0.1) is 10.1 Å². The van der Waals surface area contributed by atoms with Gasteiger partial charge in [0.15, 0.2) is 0 Å². The highest BCUT2D eigenvalue weighted by Gasteiger charge is 2.25. The van der Waals surface area contributed by atoms with Gasteiger partial charge in [-0.2, -0.15) is 0 Å². The van der Waals surface area contributed by atoms with E-state index in [1.165, 1.54) is 12.4 Å². The van der Waals surface area contributed by atoms with Crippen LogP contribution in [0.5, 0.6) is 0 Å². The van der Waals surface area contributed by atoms with Gasteiger partial charge in [0.05, 0.1) is 11.3 Å². The van der Waals surface area contributed by atoms with Gasteiger partial charge in [-0.1, -0.05) is 0 Å². The first-order valence-corrected chi connectivity index (χ1v) is 8.84. The monoisotopic (exact) mass is 378 g/mol. The summed E-state index contributed by atoms with van der Waals surface area (Å²) < 4.78 is 1.56. The number of anilines is 1. The molecule has 9 heteroatoms. The first kappa shape index (κ1) is 17.7. The molecule has 1 amide bonds. The normalized spacial score (nSPS) is 14.1. The van der Waals surface area contributed by atoms with Crippen LogP contribution in [-0.4, -0.2) is 56.4 Å². The van der Waals surface area contributed by atoms with Gasteiger partial charge in [0.1, 0.15) is 5.69 Å². The van der Waals surface area contributed by atoms with Crippen LogP contribution in [0.3, 0.4) is 0 Å². The third-order valence-corrected chi connectivity index (χ3v) is 4.80. The Morgan fingerprint density at radius 2 is 1.75 bits per heavy atom. The summed E-state index contributed by atoms with van der Waals surface area (Å²) in [7, 11) is 0. The standard InChI is InChI=1S/C19H18N6O3/c26-19(23-11-9-22(10-12-23)16-3-5-20-6-4-16)15-1-2-17(18(13-15)25(27)28)24-8-7-21-14-24/h1-8,13-14H,9-12H2. The van der Waals surface area contributed by atoms with Gasteiger partial charge in [0, 0.05) is 68.3 Å². The molecule has 0 saturated carbocycles. The molecule has 0 unspecified atom stereocenters. The molecule has 142 valence electrons. The van der Waals surface area contributed by atoms with Crippen molar-refractivity contribution in [1.82, 2.24) is 19.4 Å². The molecule has 1 saturated heterocycles. The molecule has 0 bridgehead atoms. The van der Waals surface area contributed by atoms with Crippen molar-refractivity contribution in [2.24, 2.45) is 0 Å². The van der Waals surface area contributed by atoms with Gasteiger partial charge in [-0.3, -0.25) is 19.9 Å². The van der Waals surface area contributed by atoms with E-state index in [-0.39, 0.29) is 11.6 Å². The van der Waals surface area contributed by atoms with Crippen LogP contribution in [0.2, 0.25) is 0 Å².